The van der Waals surface area contributed by atoms with Gasteiger partial charge in [-0.1, -0.05) is 33.6 Å². The lowest BCUT2D eigenvalue weighted by Crippen LogP contribution is -2.54. The molecule has 1 aromatic heterocycles. The van der Waals surface area contributed by atoms with Gasteiger partial charge in [0.15, 0.2) is 0 Å². The zero-order chi connectivity index (χ0) is 14.1. The van der Waals surface area contributed by atoms with Crippen molar-refractivity contribution in [1.29, 1.82) is 0 Å². The number of aromatic nitrogens is 2. The number of hydrogen-bond donors (Lipinski definition) is 1. The van der Waals surface area contributed by atoms with E-state index in [1.165, 1.54) is 25.7 Å². The molecule has 0 bridgehead atoms. The van der Waals surface area contributed by atoms with Crippen LogP contribution in [0.2, 0.25) is 0 Å². The summed E-state index contributed by atoms with van der Waals surface area (Å²) in [7, 11) is 2.06. The number of imidazole rings is 1. The predicted molar refractivity (Wildman–Crippen MR) is 79.9 cm³/mol. The van der Waals surface area contributed by atoms with E-state index in [0.29, 0.717) is 11.3 Å². The summed E-state index contributed by atoms with van der Waals surface area (Å²) in [5, 5.41) is 0. The van der Waals surface area contributed by atoms with E-state index in [1.54, 1.807) is 0 Å². The second kappa shape index (κ2) is 5.28. The Kier molecular flexibility index (Phi) is 4.05. The van der Waals surface area contributed by atoms with E-state index in [9.17, 15) is 0 Å². The van der Waals surface area contributed by atoms with Gasteiger partial charge in [0.1, 0.15) is 5.82 Å². The summed E-state index contributed by atoms with van der Waals surface area (Å²) in [6.07, 6.45) is 11.0. The molecule has 3 heteroatoms. The molecule has 2 unspecified atom stereocenters. The molecule has 1 fully saturated rings. The van der Waals surface area contributed by atoms with Gasteiger partial charge >= 0.3 is 0 Å². The van der Waals surface area contributed by atoms with Crippen molar-refractivity contribution < 1.29 is 0 Å². The third kappa shape index (κ3) is 3.19. The first kappa shape index (κ1) is 14.6. The monoisotopic (exact) mass is 263 g/mol. The quantitative estimate of drug-likeness (QED) is 0.909. The highest BCUT2D eigenvalue weighted by Crippen LogP contribution is 2.44. The van der Waals surface area contributed by atoms with E-state index in [2.05, 4.69) is 37.4 Å². The summed E-state index contributed by atoms with van der Waals surface area (Å²) in [5.74, 6) is 1.78. The summed E-state index contributed by atoms with van der Waals surface area (Å²) in [5.41, 5.74) is 7.11. The van der Waals surface area contributed by atoms with Crippen molar-refractivity contribution in [2.24, 2.45) is 24.1 Å². The maximum Gasteiger partial charge on any atom is 0.108 e. The second-order valence-corrected chi connectivity index (χ2v) is 7.35. The van der Waals surface area contributed by atoms with Crippen molar-refractivity contribution in [2.75, 3.05) is 0 Å². The van der Waals surface area contributed by atoms with Gasteiger partial charge in [-0.3, -0.25) is 0 Å². The summed E-state index contributed by atoms with van der Waals surface area (Å²) in [6, 6.07) is 0. The first-order chi connectivity index (χ1) is 8.83. The molecule has 1 aromatic rings. The lowest BCUT2D eigenvalue weighted by molar-refractivity contribution is 0.0727. The topological polar surface area (TPSA) is 43.8 Å². The molecule has 0 aromatic carbocycles. The third-order valence-corrected chi connectivity index (χ3v) is 4.86. The Morgan fingerprint density at radius 3 is 2.74 bits per heavy atom. The maximum absolute atomic E-state index is 6.82. The highest BCUT2D eigenvalue weighted by molar-refractivity contribution is 5.02. The van der Waals surface area contributed by atoms with Crippen molar-refractivity contribution in [3.05, 3.63) is 18.2 Å². The zero-order valence-corrected chi connectivity index (χ0v) is 12.9. The van der Waals surface area contributed by atoms with E-state index in [4.69, 9.17) is 5.73 Å². The largest absolute Gasteiger partial charge is 0.338 e. The highest BCUT2D eigenvalue weighted by atomic mass is 15.0. The predicted octanol–water partition coefficient (Wildman–Crippen LogP) is 3.29. The average Bonchev–Trinajstić information content (AvgIpc) is 2.71. The van der Waals surface area contributed by atoms with Crippen LogP contribution in [0.3, 0.4) is 0 Å². The molecular formula is C16H29N3. The van der Waals surface area contributed by atoms with Gasteiger partial charge in [-0.15, -0.1) is 0 Å². The molecule has 0 saturated heterocycles. The van der Waals surface area contributed by atoms with E-state index < -0.39 is 0 Å². The zero-order valence-electron chi connectivity index (χ0n) is 12.9. The third-order valence-electron chi connectivity index (χ3n) is 4.86. The number of nitrogens with zero attached hydrogens (tertiary/aromatic N) is 2. The van der Waals surface area contributed by atoms with Gasteiger partial charge in [0.25, 0.3) is 0 Å². The van der Waals surface area contributed by atoms with Gasteiger partial charge in [-0.2, -0.15) is 0 Å². The average molecular weight is 263 g/mol. The Balaban J connectivity index is 2.08. The number of hydrogen-bond acceptors (Lipinski definition) is 2. The molecule has 2 N–H and O–H groups in total. The van der Waals surface area contributed by atoms with Crippen LogP contribution in [-0.2, 0) is 13.5 Å². The maximum atomic E-state index is 6.82. The first-order valence-corrected chi connectivity index (χ1v) is 7.58. The van der Waals surface area contributed by atoms with E-state index >= 15 is 0 Å². The molecular weight excluding hydrogens is 234 g/mol. The summed E-state index contributed by atoms with van der Waals surface area (Å²) < 4.78 is 2.11. The van der Waals surface area contributed by atoms with Crippen LogP contribution in [-0.4, -0.2) is 15.1 Å². The molecule has 19 heavy (non-hydrogen) atoms. The molecule has 0 aliphatic heterocycles. The van der Waals surface area contributed by atoms with Gasteiger partial charge < -0.3 is 10.3 Å². The van der Waals surface area contributed by atoms with E-state index in [-0.39, 0.29) is 5.54 Å². The SMILES string of the molecule is Cn1ccnc1CCC1(N)CCCCC1C(C)(C)C. The normalized spacial score (nSPS) is 28.6. The van der Waals surface area contributed by atoms with Crippen molar-refractivity contribution >= 4 is 0 Å². The lowest BCUT2D eigenvalue weighted by atomic mass is 9.61. The molecule has 0 radical (unpaired) electrons. The molecule has 0 spiro atoms. The summed E-state index contributed by atoms with van der Waals surface area (Å²) >= 11 is 0. The second-order valence-electron chi connectivity index (χ2n) is 7.35. The molecule has 1 aliphatic carbocycles. The Bertz CT molecular complexity index is 416. The van der Waals surface area contributed by atoms with Gasteiger partial charge in [0, 0.05) is 31.4 Å². The van der Waals surface area contributed by atoms with Crippen LogP contribution >= 0.6 is 0 Å². The number of aryl methyl sites for hydroxylation is 2. The number of rotatable bonds is 3. The van der Waals surface area contributed by atoms with E-state index in [0.717, 1.165) is 18.7 Å². The molecule has 2 rings (SSSR count). The van der Waals surface area contributed by atoms with Crippen LogP contribution in [0.25, 0.3) is 0 Å². The molecule has 108 valence electrons. The van der Waals surface area contributed by atoms with Gasteiger partial charge in [-0.25, -0.2) is 4.98 Å². The van der Waals surface area contributed by atoms with Crippen molar-refractivity contribution in [1.82, 2.24) is 9.55 Å². The fourth-order valence-electron chi connectivity index (χ4n) is 3.84. The highest BCUT2D eigenvalue weighted by Gasteiger charge is 2.42. The van der Waals surface area contributed by atoms with Gasteiger partial charge in [0.05, 0.1) is 0 Å². The van der Waals surface area contributed by atoms with Crippen molar-refractivity contribution in [2.45, 2.75) is 64.8 Å². The van der Waals surface area contributed by atoms with Crippen LogP contribution in [0.4, 0.5) is 0 Å². The Hall–Kier alpha value is -0.830. The van der Waals surface area contributed by atoms with Crippen molar-refractivity contribution in [3.63, 3.8) is 0 Å². The Morgan fingerprint density at radius 2 is 2.16 bits per heavy atom. The molecule has 0 amide bonds. The fourth-order valence-corrected chi connectivity index (χ4v) is 3.84. The smallest absolute Gasteiger partial charge is 0.108 e. The van der Waals surface area contributed by atoms with Crippen LogP contribution in [0.15, 0.2) is 12.4 Å². The first-order valence-electron chi connectivity index (χ1n) is 7.58. The lowest BCUT2D eigenvalue weighted by Gasteiger charge is -2.48. The minimum atomic E-state index is -0.0115. The van der Waals surface area contributed by atoms with Crippen LogP contribution < -0.4 is 5.73 Å². The number of nitrogens with two attached hydrogens (primary N) is 1. The fraction of sp³-hybridized carbons (Fsp3) is 0.812. The molecule has 1 saturated carbocycles. The minimum Gasteiger partial charge on any atom is -0.338 e. The Labute approximate surface area is 117 Å². The molecule has 1 heterocycles. The summed E-state index contributed by atoms with van der Waals surface area (Å²) in [6.45, 7) is 7.02. The van der Waals surface area contributed by atoms with Crippen molar-refractivity contribution in [3.8, 4) is 0 Å². The van der Waals surface area contributed by atoms with Gasteiger partial charge in [0.2, 0.25) is 0 Å². The molecule has 1 aliphatic rings. The van der Waals surface area contributed by atoms with Crippen LogP contribution in [0.5, 0.6) is 0 Å². The van der Waals surface area contributed by atoms with Crippen LogP contribution in [0, 0.1) is 11.3 Å². The van der Waals surface area contributed by atoms with E-state index in [1.807, 2.05) is 12.4 Å². The molecule has 2 atom stereocenters. The Morgan fingerprint density at radius 1 is 1.42 bits per heavy atom. The van der Waals surface area contributed by atoms with Crippen LogP contribution in [0.1, 0.15) is 58.7 Å². The van der Waals surface area contributed by atoms with Gasteiger partial charge in [-0.05, 0) is 30.6 Å². The summed E-state index contributed by atoms with van der Waals surface area (Å²) in [4.78, 5) is 4.43. The standard InChI is InChI=1S/C16H29N3/c1-15(2,3)13-7-5-6-9-16(13,17)10-8-14-18-11-12-19(14)4/h11-13H,5-10,17H2,1-4H3. The molecule has 3 nitrogen and oxygen atoms in total. The minimum absolute atomic E-state index is 0.0115.